The number of carbonyl (C=O) groups excluding carboxylic acids is 1. The van der Waals surface area contributed by atoms with Crippen molar-refractivity contribution in [2.75, 3.05) is 6.54 Å². The molecule has 2 aromatic rings. The average Bonchev–Trinajstić information content (AvgIpc) is 2.37. The third-order valence-corrected chi connectivity index (χ3v) is 2.70. The first-order chi connectivity index (χ1) is 8.59. The number of rotatable bonds is 3. The minimum absolute atomic E-state index is 0.110. The highest BCUT2D eigenvalue weighted by Crippen LogP contribution is 2.21. The summed E-state index contributed by atoms with van der Waals surface area (Å²) in [4.78, 5) is 12.0. The number of fused-ring (bicyclic) bond motifs is 1. The molecule has 0 fully saturated rings. The van der Waals surface area contributed by atoms with Gasteiger partial charge < -0.3 is 11.1 Å². The fourth-order valence-corrected chi connectivity index (χ4v) is 1.81. The van der Waals surface area contributed by atoms with E-state index in [9.17, 15) is 9.18 Å². The second-order valence-corrected chi connectivity index (χ2v) is 4.33. The normalized spacial score (nSPS) is 12.4. The van der Waals surface area contributed by atoms with Gasteiger partial charge in [0.2, 0.25) is 0 Å². The van der Waals surface area contributed by atoms with Crippen LogP contribution in [0.1, 0.15) is 17.3 Å². The Morgan fingerprint density at radius 1 is 1.28 bits per heavy atom. The highest BCUT2D eigenvalue weighted by Gasteiger charge is 2.12. The van der Waals surface area contributed by atoms with Gasteiger partial charge in [0.1, 0.15) is 5.82 Å². The number of halogens is 1. The van der Waals surface area contributed by atoms with Gasteiger partial charge in [-0.05, 0) is 24.4 Å². The zero-order chi connectivity index (χ0) is 13.1. The van der Waals surface area contributed by atoms with Gasteiger partial charge in [0.15, 0.2) is 0 Å². The maximum Gasteiger partial charge on any atom is 0.251 e. The standard InChI is InChI=1S/C14H15FN2O/c1-9(16)8-17-14(18)12-6-7-13(15)11-5-3-2-4-10(11)12/h2-7,9H,8,16H2,1H3,(H,17,18). The number of hydrogen-bond acceptors (Lipinski definition) is 2. The van der Waals surface area contributed by atoms with Crippen molar-refractivity contribution < 1.29 is 9.18 Å². The van der Waals surface area contributed by atoms with Gasteiger partial charge in [-0.1, -0.05) is 24.3 Å². The van der Waals surface area contributed by atoms with Crippen LogP contribution in [0.4, 0.5) is 4.39 Å². The Kier molecular flexibility index (Phi) is 3.58. The Bertz CT molecular complexity index is 581. The fourth-order valence-electron chi connectivity index (χ4n) is 1.81. The SMILES string of the molecule is CC(N)CNC(=O)c1ccc(F)c2ccccc12. The minimum atomic E-state index is -0.325. The monoisotopic (exact) mass is 246 g/mol. The van der Waals surface area contributed by atoms with E-state index in [4.69, 9.17) is 5.73 Å². The molecule has 3 N–H and O–H groups in total. The van der Waals surface area contributed by atoms with Gasteiger partial charge >= 0.3 is 0 Å². The van der Waals surface area contributed by atoms with Gasteiger partial charge in [-0.25, -0.2) is 4.39 Å². The molecule has 4 heteroatoms. The largest absolute Gasteiger partial charge is 0.350 e. The van der Waals surface area contributed by atoms with Crippen molar-refractivity contribution in [1.82, 2.24) is 5.32 Å². The van der Waals surface area contributed by atoms with E-state index >= 15 is 0 Å². The van der Waals surface area contributed by atoms with E-state index in [1.54, 1.807) is 24.3 Å². The molecular weight excluding hydrogens is 231 g/mol. The van der Waals surface area contributed by atoms with E-state index in [0.29, 0.717) is 22.9 Å². The first-order valence-electron chi connectivity index (χ1n) is 5.80. The summed E-state index contributed by atoms with van der Waals surface area (Å²) in [5, 5.41) is 3.78. The van der Waals surface area contributed by atoms with E-state index in [0.717, 1.165) is 0 Å². The van der Waals surface area contributed by atoms with Crippen LogP contribution in [0.5, 0.6) is 0 Å². The van der Waals surface area contributed by atoms with Crippen LogP contribution >= 0.6 is 0 Å². The smallest absolute Gasteiger partial charge is 0.251 e. The molecule has 2 rings (SSSR count). The first kappa shape index (κ1) is 12.5. The van der Waals surface area contributed by atoms with Gasteiger partial charge in [-0.15, -0.1) is 0 Å². The molecule has 94 valence electrons. The lowest BCUT2D eigenvalue weighted by Crippen LogP contribution is -2.35. The van der Waals surface area contributed by atoms with E-state index in [1.165, 1.54) is 12.1 Å². The number of carbonyl (C=O) groups is 1. The van der Waals surface area contributed by atoms with Gasteiger partial charge in [0.25, 0.3) is 5.91 Å². The summed E-state index contributed by atoms with van der Waals surface area (Å²) in [6.07, 6.45) is 0. The average molecular weight is 246 g/mol. The predicted molar refractivity (Wildman–Crippen MR) is 69.9 cm³/mol. The van der Waals surface area contributed by atoms with Gasteiger partial charge in [0, 0.05) is 23.5 Å². The molecule has 1 amide bonds. The Balaban J connectivity index is 2.39. The minimum Gasteiger partial charge on any atom is -0.350 e. The van der Waals surface area contributed by atoms with Crippen molar-refractivity contribution in [2.45, 2.75) is 13.0 Å². The summed E-state index contributed by atoms with van der Waals surface area (Å²) in [5.74, 6) is -0.558. The maximum absolute atomic E-state index is 13.6. The molecule has 0 aliphatic rings. The molecule has 0 spiro atoms. The topological polar surface area (TPSA) is 55.1 Å². The van der Waals surface area contributed by atoms with Crippen molar-refractivity contribution in [1.29, 1.82) is 0 Å². The lowest BCUT2D eigenvalue weighted by molar-refractivity contribution is 0.0953. The molecule has 0 radical (unpaired) electrons. The maximum atomic E-state index is 13.6. The van der Waals surface area contributed by atoms with Gasteiger partial charge in [-0.2, -0.15) is 0 Å². The van der Waals surface area contributed by atoms with Crippen LogP contribution in [0.3, 0.4) is 0 Å². The van der Waals surface area contributed by atoms with E-state index < -0.39 is 0 Å². The molecule has 1 atom stereocenters. The molecular formula is C14H15FN2O. The predicted octanol–water partition coefficient (Wildman–Crippen LogP) is 2.06. The third-order valence-electron chi connectivity index (χ3n) is 2.70. The third kappa shape index (κ3) is 2.49. The second kappa shape index (κ2) is 5.14. The van der Waals surface area contributed by atoms with Crippen LogP contribution < -0.4 is 11.1 Å². The molecule has 0 saturated heterocycles. The van der Waals surface area contributed by atoms with Gasteiger partial charge in [0.05, 0.1) is 0 Å². The molecule has 0 heterocycles. The zero-order valence-electron chi connectivity index (χ0n) is 10.1. The highest BCUT2D eigenvalue weighted by molar-refractivity contribution is 6.07. The Hall–Kier alpha value is -1.94. The molecule has 1 unspecified atom stereocenters. The Morgan fingerprint density at radius 2 is 1.94 bits per heavy atom. The summed E-state index contributed by atoms with van der Waals surface area (Å²) >= 11 is 0. The van der Waals surface area contributed by atoms with Crippen molar-refractivity contribution in [3.05, 3.63) is 47.8 Å². The number of nitrogens with two attached hydrogens (primary N) is 1. The summed E-state index contributed by atoms with van der Waals surface area (Å²) in [5.41, 5.74) is 6.05. The molecule has 3 nitrogen and oxygen atoms in total. The number of benzene rings is 2. The van der Waals surface area contributed by atoms with E-state index in [1.807, 2.05) is 6.92 Å². The summed E-state index contributed by atoms with van der Waals surface area (Å²) in [6, 6.07) is 9.61. The Labute approximate surface area is 105 Å². The summed E-state index contributed by atoms with van der Waals surface area (Å²) < 4.78 is 13.6. The van der Waals surface area contributed by atoms with Crippen LogP contribution in [0, 0.1) is 5.82 Å². The van der Waals surface area contributed by atoms with E-state index in [-0.39, 0.29) is 17.8 Å². The van der Waals surface area contributed by atoms with Crippen molar-refractivity contribution in [3.8, 4) is 0 Å². The summed E-state index contributed by atoms with van der Waals surface area (Å²) in [6.45, 7) is 2.20. The molecule has 0 aromatic heterocycles. The van der Waals surface area contributed by atoms with Crippen LogP contribution in [-0.4, -0.2) is 18.5 Å². The van der Waals surface area contributed by atoms with Crippen LogP contribution in [0.2, 0.25) is 0 Å². The number of hydrogen-bond donors (Lipinski definition) is 2. The van der Waals surface area contributed by atoms with Crippen molar-refractivity contribution in [2.24, 2.45) is 5.73 Å². The lowest BCUT2D eigenvalue weighted by Gasteiger charge is -2.10. The fraction of sp³-hybridized carbons (Fsp3) is 0.214. The zero-order valence-corrected chi connectivity index (χ0v) is 10.1. The van der Waals surface area contributed by atoms with Crippen LogP contribution in [-0.2, 0) is 0 Å². The van der Waals surface area contributed by atoms with Crippen LogP contribution in [0.25, 0.3) is 10.8 Å². The molecule has 18 heavy (non-hydrogen) atoms. The van der Waals surface area contributed by atoms with E-state index in [2.05, 4.69) is 5.32 Å². The van der Waals surface area contributed by atoms with Crippen molar-refractivity contribution >= 4 is 16.7 Å². The Morgan fingerprint density at radius 3 is 2.61 bits per heavy atom. The molecule has 0 aliphatic carbocycles. The molecule has 0 bridgehead atoms. The molecule has 2 aromatic carbocycles. The lowest BCUT2D eigenvalue weighted by atomic mass is 10.0. The number of nitrogens with one attached hydrogen (secondary N) is 1. The highest BCUT2D eigenvalue weighted by atomic mass is 19.1. The quantitative estimate of drug-likeness (QED) is 0.871. The summed E-state index contributed by atoms with van der Waals surface area (Å²) in [7, 11) is 0. The second-order valence-electron chi connectivity index (χ2n) is 4.33. The van der Waals surface area contributed by atoms with Crippen molar-refractivity contribution in [3.63, 3.8) is 0 Å². The molecule has 0 saturated carbocycles. The molecule has 0 aliphatic heterocycles. The first-order valence-corrected chi connectivity index (χ1v) is 5.80. The van der Waals surface area contributed by atoms with Crippen LogP contribution in [0.15, 0.2) is 36.4 Å². The van der Waals surface area contributed by atoms with Gasteiger partial charge in [-0.3, -0.25) is 4.79 Å². The number of amides is 1.